The Labute approximate surface area is 138 Å². The lowest BCUT2D eigenvalue weighted by Gasteiger charge is -2.08. The lowest BCUT2D eigenvalue weighted by molar-refractivity contribution is -0.125. The number of H-pyrrole nitrogens is 1. The van der Waals surface area contributed by atoms with E-state index in [1.54, 1.807) is 30.5 Å². The van der Waals surface area contributed by atoms with E-state index in [9.17, 15) is 9.59 Å². The normalized spacial score (nSPS) is 10.3. The molecular formula is C17H16N4O3. The van der Waals surface area contributed by atoms with Crippen molar-refractivity contribution in [2.75, 3.05) is 18.5 Å². The highest BCUT2D eigenvalue weighted by Crippen LogP contribution is 2.16. The molecule has 122 valence electrons. The number of nitrogens with zero attached hydrogens (tertiary/aromatic N) is 1. The minimum absolute atomic E-state index is 0.125. The lowest BCUT2D eigenvalue weighted by Crippen LogP contribution is -2.35. The van der Waals surface area contributed by atoms with E-state index in [4.69, 9.17) is 4.74 Å². The Balaban J connectivity index is 1.44. The van der Waals surface area contributed by atoms with Gasteiger partial charge in [0.2, 0.25) is 5.91 Å². The Kier molecular flexibility index (Phi) is 4.71. The summed E-state index contributed by atoms with van der Waals surface area (Å²) in [5.74, 6) is -0.0734. The summed E-state index contributed by atoms with van der Waals surface area (Å²) in [5.41, 5.74) is 1.53. The van der Waals surface area contributed by atoms with Crippen LogP contribution in [0.25, 0.3) is 10.9 Å². The van der Waals surface area contributed by atoms with Crippen molar-refractivity contribution in [2.45, 2.75) is 0 Å². The Morgan fingerprint density at radius 2 is 1.92 bits per heavy atom. The van der Waals surface area contributed by atoms with Crippen LogP contribution in [-0.2, 0) is 9.59 Å². The topological polar surface area (TPSA) is 96.1 Å². The molecule has 0 saturated carbocycles. The second-order valence-corrected chi connectivity index (χ2v) is 5.10. The van der Waals surface area contributed by atoms with Crippen LogP contribution in [-0.4, -0.2) is 35.2 Å². The SMILES string of the molecule is O=C(COc1ccccc1)NCC(=O)Nc1ccc2[nH]ncc2c1. The highest BCUT2D eigenvalue weighted by Gasteiger charge is 2.07. The maximum Gasteiger partial charge on any atom is 0.258 e. The minimum Gasteiger partial charge on any atom is -0.484 e. The number of carbonyl (C=O) groups excluding carboxylic acids is 2. The van der Waals surface area contributed by atoms with Crippen LogP contribution in [0.1, 0.15) is 0 Å². The molecule has 7 nitrogen and oxygen atoms in total. The monoisotopic (exact) mass is 324 g/mol. The van der Waals surface area contributed by atoms with Gasteiger partial charge in [-0.1, -0.05) is 18.2 Å². The Morgan fingerprint density at radius 1 is 1.08 bits per heavy atom. The van der Waals surface area contributed by atoms with Gasteiger partial charge in [0.25, 0.3) is 5.91 Å². The molecule has 0 fully saturated rings. The van der Waals surface area contributed by atoms with Crippen molar-refractivity contribution >= 4 is 28.4 Å². The van der Waals surface area contributed by atoms with Crippen molar-refractivity contribution < 1.29 is 14.3 Å². The highest BCUT2D eigenvalue weighted by molar-refractivity contribution is 5.96. The summed E-state index contributed by atoms with van der Waals surface area (Å²) in [6.45, 7) is -0.265. The largest absolute Gasteiger partial charge is 0.484 e. The number of nitrogens with one attached hydrogen (secondary N) is 3. The fourth-order valence-corrected chi connectivity index (χ4v) is 2.12. The number of fused-ring (bicyclic) bond motifs is 1. The van der Waals surface area contributed by atoms with Crippen molar-refractivity contribution in [3.05, 3.63) is 54.7 Å². The molecule has 1 heterocycles. The molecule has 0 bridgehead atoms. The molecule has 0 unspecified atom stereocenters. The summed E-state index contributed by atoms with van der Waals surface area (Å²) >= 11 is 0. The highest BCUT2D eigenvalue weighted by atomic mass is 16.5. The molecule has 24 heavy (non-hydrogen) atoms. The predicted octanol–water partition coefficient (Wildman–Crippen LogP) is 1.70. The number of aromatic amines is 1. The molecule has 0 aliphatic heterocycles. The number of ether oxygens (including phenoxy) is 1. The van der Waals surface area contributed by atoms with E-state index in [0.717, 1.165) is 10.9 Å². The summed E-state index contributed by atoms with van der Waals surface area (Å²) in [6, 6.07) is 14.4. The van der Waals surface area contributed by atoms with Gasteiger partial charge in [0, 0.05) is 11.1 Å². The second kappa shape index (κ2) is 7.28. The molecular weight excluding hydrogens is 308 g/mol. The maximum absolute atomic E-state index is 11.9. The van der Waals surface area contributed by atoms with Crippen molar-refractivity contribution in [2.24, 2.45) is 0 Å². The number of para-hydroxylation sites is 1. The van der Waals surface area contributed by atoms with E-state index in [-0.39, 0.29) is 25.0 Å². The van der Waals surface area contributed by atoms with Gasteiger partial charge in [-0.05, 0) is 30.3 Å². The number of amides is 2. The Morgan fingerprint density at radius 3 is 2.75 bits per heavy atom. The molecule has 0 aliphatic rings. The summed E-state index contributed by atoms with van der Waals surface area (Å²) < 4.78 is 5.30. The van der Waals surface area contributed by atoms with Gasteiger partial charge in [0.1, 0.15) is 5.75 Å². The smallest absolute Gasteiger partial charge is 0.258 e. The fraction of sp³-hybridized carbons (Fsp3) is 0.118. The van der Waals surface area contributed by atoms with Crippen LogP contribution in [0.3, 0.4) is 0 Å². The third-order valence-electron chi connectivity index (χ3n) is 3.28. The molecule has 2 aromatic carbocycles. The third-order valence-corrected chi connectivity index (χ3v) is 3.28. The molecule has 0 atom stereocenters. The molecule has 3 aromatic rings. The third kappa shape index (κ3) is 4.10. The summed E-state index contributed by atoms with van der Waals surface area (Å²) in [6.07, 6.45) is 1.67. The number of anilines is 1. The van der Waals surface area contributed by atoms with Crippen molar-refractivity contribution in [3.63, 3.8) is 0 Å². The van der Waals surface area contributed by atoms with Gasteiger partial charge in [0.15, 0.2) is 6.61 Å². The Hall–Kier alpha value is -3.35. The summed E-state index contributed by atoms with van der Waals surface area (Å²) in [4.78, 5) is 23.6. The number of rotatable bonds is 6. The van der Waals surface area contributed by atoms with Gasteiger partial charge in [-0.25, -0.2) is 0 Å². The van der Waals surface area contributed by atoms with Crippen LogP contribution in [0.15, 0.2) is 54.7 Å². The average Bonchev–Trinajstić information content (AvgIpc) is 3.07. The number of hydrogen-bond acceptors (Lipinski definition) is 4. The number of aromatic nitrogens is 2. The van der Waals surface area contributed by atoms with E-state index >= 15 is 0 Å². The van der Waals surface area contributed by atoms with Gasteiger partial charge in [0.05, 0.1) is 18.3 Å². The van der Waals surface area contributed by atoms with Gasteiger partial charge >= 0.3 is 0 Å². The molecule has 0 spiro atoms. The molecule has 2 amide bonds. The Bertz CT molecular complexity index is 845. The van der Waals surface area contributed by atoms with Crippen molar-refractivity contribution in [3.8, 4) is 5.75 Å². The zero-order valence-electron chi connectivity index (χ0n) is 12.8. The standard InChI is InChI=1S/C17H16N4O3/c22-16(20-13-6-7-15-12(8-13)9-19-21-15)10-18-17(23)11-24-14-4-2-1-3-5-14/h1-9H,10-11H2,(H,18,23)(H,19,21)(H,20,22). The molecule has 1 aromatic heterocycles. The number of hydrogen-bond donors (Lipinski definition) is 3. The van der Waals surface area contributed by atoms with E-state index < -0.39 is 0 Å². The summed E-state index contributed by atoms with van der Waals surface area (Å²) in [5, 5.41) is 12.9. The van der Waals surface area contributed by atoms with Gasteiger partial charge < -0.3 is 15.4 Å². The number of benzene rings is 2. The van der Waals surface area contributed by atoms with Crippen LogP contribution in [0.5, 0.6) is 5.75 Å². The van der Waals surface area contributed by atoms with Crippen molar-refractivity contribution in [1.82, 2.24) is 15.5 Å². The predicted molar refractivity (Wildman–Crippen MR) is 89.7 cm³/mol. The molecule has 7 heteroatoms. The van der Waals surface area contributed by atoms with Gasteiger partial charge in [-0.15, -0.1) is 0 Å². The van der Waals surface area contributed by atoms with Gasteiger partial charge in [-0.2, -0.15) is 5.10 Å². The van der Waals surface area contributed by atoms with Crippen LogP contribution < -0.4 is 15.4 Å². The number of carbonyl (C=O) groups is 2. The van der Waals surface area contributed by atoms with E-state index in [0.29, 0.717) is 11.4 Å². The lowest BCUT2D eigenvalue weighted by atomic mass is 10.2. The quantitative estimate of drug-likeness (QED) is 0.643. The summed E-state index contributed by atoms with van der Waals surface area (Å²) in [7, 11) is 0. The molecule has 0 aliphatic carbocycles. The first-order valence-electron chi connectivity index (χ1n) is 7.38. The first-order chi connectivity index (χ1) is 11.7. The molecule has 3 N–H and O–H groups in total. The molecule has 0 saturated heterocycles. The van der Waals surface area contributed by atoms with E-state index in [2.05, 4.69) is 20.8 Å². The van der Waals surface area contributed by atoms with Crippen molar-refractivity contribution in [1.29, 1.82) is 0 Å². The molecule has 3 rings (SSSR count). The fourth-order valence-electron chi connectivity index (χ4n) is 2.12. The average molecular weight is 324 g/mol. The maximum atomic E-state index is 11.9. The molecule has 0 radical (unpaired) electrons. The second-order valence-electron chi connectivity index (χ2n) is 5.10. The zero-order valence-corrected chi connectivity index (χ0v) is 12.8. The zero-order chi connectivity index (χ0) is 16.8. The van der Waals surface area contributed by atoms with E-state index in [1.165, 1.54) is 0 Å². The van der Waals surface area contributed by atoms with Crippen LogP contribution in [0.4, 0.5) is 5.69 Å². The first kappa shape index (κ1) is 15.5. The van der Waals surface area contributed by atoms with Crippen LogP contribution in [0, 0.1) is 0 Å². The first-order valence-corrected chi connectivity index (χ1v) is 7.38. The van der Waals surface area contributed by atoms with Gasteiger partial charge in [-0.3, -0.25) is 14.7 Å². The van der Waals surface area contributed by atoms with Crippen LogP contribution >= 0.6 is 0 Å². The van der Waals surface area contributed by atoms with Crippen LogP contribution in [0.2, 0.25) is 0 Å². The van der Waals surface area contributed by atoms with E-state index in [1.807, 2.05) is 24.3 Å². The minimum atomic E-state index is -0.362.